The van der Waals surface area contributed by atoms with Crippen LogP contribution < -0.4 is 5.56 Å². The number of fused-ring (bicyclic) bond motifs is 1. The predicted octanol–water partition coefficient (Wildman–Crippen LogP) is 2.38. The second-order valence-electron chi connectivity index (χ2n) is 8.07. The number of nitrogens with zero attached hydrogens (tertiary/aromatic N) is 3. The SMILES string of the molecule is Cc1ccc(S(=O)(=O)N2CCN(C(=O)CCc3nc4sc(C)c(C)c4c(=O)[nH]3)CC2)cc1. The van der Waals surface area contributed by atoms with Crippen molar-refractivity contribution in [3.05, 3.63) is 56.4 Å². The van der Waals surface area contributed by atoms with Gasteiger partial charge in [0.05, 0.1) is 10.3 Å². The van der Waals surface area contributed by atoms with E-state index in [9.17, 15) is 18.0 Å². The highest BCUT2D eigenvalue weighted by atomic mass is 32.2. The van der Waals surface area contributed by atoms with Crippen molar-refractivity contribution >= 4 is 37.5 Å². The van der Waals surface area contributed by atoms with Gasteiger partial charge in [0.1, 0.15) is 10.7 Å². The number of nitrogens with one attached hydrogen (secondary N) is 1. The molecule has 32 heavy (non-hydrogen) atoms. The van der Waals surface area contributed by atoms with Crippen molar-refractivity contribution in [2.45, 2.75) is 38.5 Å². The average Bonchev–Trinajstić information content (AvgIpc) is 3.06. The standard InChI is InChI=1S/C22H26N4O4S2/c1-14-4-6-17(7-5-14)32(29,30)26-12-10-25(11-13-26)19(27)9-8-18-23-21(28)20-15(2)16(3)31-22(20)24-18/h4-7H,8-13H2,1-3H3,(H,23,24,28). The number of piperazine rings is 1. The number of hydrogen-bond acceptors (Lipinski definition) is 6. The van der Waals surface area contributed by atoms with E-state index in [2.05, 4.69) is 9.97 Å². The maximum absolute atomic E-state index is 12.8. The van der Waals surface area contributed by atoms with Crippen LogP contribution in [-0.2, 0) is 21.2 Å². The van der Waals surface area contributed by atoms with Gasteiger partial charge in [-0.2, -0.15) is 4.31 Å². The molecule has 10 heteroatoms. The second kappa shape index (κ2) is 8.76. The highest BCUT2D eigenvalue weighted by Gasteiger charge is 2.30. The van der Waals surface area contributed by atoms with Gasteiger partial charge in [0.2, 0.25) is 15.9 Å². The third kappa shape index (κ3) is 4.35. The van der Waals surface area contributed by atoms with Crippen LogP contribution in [0.3, 0.4) is 0 Å². The summed E-state index contributed by atoms with van der Waals surface area (Å²) in [4.78, 5) is 36.1. The summed E-state index contributed by atoms with van der Waals surface area (Å²) in [7, 11) is -3.56. The van der Waals surface area contributed by atoms with E-state index in [1.165, 1.54) is 15.6 Å². The molecule has 3 aromatic rings. The second-order valence-corrected chi connectivity index (χ2v) is 11.2. The summed E-state index contributed by atoms with van der Waals surface area (Å²) in [5.74, 6) is 0.427. The van der Waals surface area contributed by atoms with Gasteiger partial charge in [0.25, 0.3) is 5.56 Å². The summed E-state index contributed by atoms with van der Waals surface area (Å²) >= 11 is 1.48. The van der Waals surface area contributed by atoms with Gasteiger partial charge < -0.3 is 9.88 Å². The maximum atomic E-state index is 12.8. The zero-order chi connectivity index (χ0) is 23.0. The number of benzene rings is 1. The number of carbonyl (C=O) groups is 1. The molecule has 0 aliphatic carbocycles. The van der Waals surface area contributed by atoms with Crippen molar-refractivity contribution in [2.75, 3.05) is 26.2 Å². The summed E-state index contributed by atoms with van der Waals surface area (Å²) in [6, 6.07) is 6.79. The van der Waals surface area contributed by atoms with Crippen molar-refractivity contribution in [3.63, 3.8) is 0 Å². The lowest BCUT2D eigenvalue weighted by Crippen LogP contribution is -2.50. The van der Waals surface area contributed by atoms with Crippen LogP contribution >= 0.6 is 11.3 Å². The Kier molecular flexibility index (Phi) is 6.19. The summed E-state index contributed by atoms with van der Waals surface area (Å²) in [5.41, 5.74) is 1.77. The first-order valence-corrected chi connectivity index (χ1v) is 12.8. The highest BCUT2D eigenvalue weighted by Crippen LogP contribution is 2.26. The number of rotatable bonds is 5. The first-order valence-electron chi connectivity index (χ1n) is 10.5. The summed E-state index contributed by atoms with van der Waals surface area (Å²) < 4.78 is 27.1. The molecule has 1 aliphatic heterocycles. The normalized spacial score (nSPS) is 15.4. The Balaban J connectivity index is 1.36. The van der Waals surface area contributed by atoms with Crippen LogP contribution in [0.2, 0.25) is 0 Å². The molecule has 0 atom stereocenters. The van der Waals surface area contributed by atoms with Crippen LogP contribution in [0.25, 0.3) is 10.2 Å². The molecule has 0 saturated carbocycles. The molecule has 0 unspecified atom stereocenters. The molecule has 1 aromatic carbocycles. The molecule has 4 rings (SSSR count). The monoisotopic (exact) mass is 474 g/mol. The van der Waals surface area contributed by atoms with Crippen LogP contribution in [0.15, 0.2) is 34.0 Å². The minimum atomic E-state index is -3.56. The number of aromatic nitrogens is 2. The molecule has 1 N–H and O–H groups in total. The van der Waals surface area contributed by atoms with Gasteiger partial charge in [-0.15, -0.1) is 11.3 Å². The van der Waals surface area contributed by atoms with Gasteiger partial charge in [-0.25, -0.2) is 13.4 Å². The molecule has 2 aromatic heterocycles. The van der Waals surface area contributed by atoms with Crippen LogP contribution in [0, 0.1) is 20.8 Å². The van der Waals surface area contributed by atoms with Crippen molar-refractivity contribution in [1.82, 2.24) is 19.2 Å². The number of amides is 1. The first-order chi connectivity index (χ1) is 15.2. The fourth-order valence-corrected chi connectivity index (χ4v) is 6.31. The molecule has 8 nitrogen and oxygen atoms in total. The molecular formula is C22H26N4O4S2. The Morgan fingerprint density at radius 1 is 1.09 bits per heavy atom. The van der Waals surface area contributed by atoms with Crippen molar-refractivity contribution < 1.29 is 13.2 Å². The third-order valence-corrected chi connectivity index (χ3v) is 8.93. The molecule has 0 spiro atoms. The van der Waals surface area contributed by atoms with Gasteiger partial charge in [-0.05, 0) is 38.5 Å². The van der Waals surface area contributed by atoms with Crippen LogP contribution in [0.4, 0.5) is 0 Å². The number of H-pyrrole nitrogens is 1. The fourth-order valence-electron chi connectivity index (χ4n) is 3.84. The number of hydrogen-bond donors (Lipinski definition) is 1. The predicted molar refractivity (Wildman–Crippen MR) is 125 cm³/mol. The number of aromatic amines is 1. The van der Waals surface area contributed by atoms with Gasteiger partial charge >= 0.3 is 0 Å². The Morgan fingerprint density at radius 2 is 1.75 bits per heavy atom. The van der Waals surface area contributed by atoms with Gasteiger partial charge in [0.15, 0.2) is 0 Å². The summed E-state index contributed by atoms with van der Waals surface area (Å²) in [6.07, 6.45) is 0.546. The fraction of sp³-hybridized carbons (Fsp3) is 0.409. The number of thiophene rings is 1. The molecular weight excluding hydrogens is 448 g/mol. The van der Waals surface area contributed by atoms with Gasteiger partial charge in [0, 0.05) is 43.9 Å². The molecule has 3 heterocycles. The maximum Gasteiger partial charge on any atom is 0.259 e. The Labute approximate surface area is 190 Å². The summed E-state index contributed by atoms with van der Waals surface area (Å²) in [6.45, 7) is 6.99. The van der Waals surface area contributed by atoms with Gasteiger partial charge in [-0.3, -0.25) is 9.59 Å². The lowest BCUT2D eigenvalue weighted by molar-refractivity contribution is -0.132. The molecule has 0 radical (unpaired) electrons. The zero-order valence-electron chi connectivity index (χ0n) is 18.3. The number of carbonyl (C=O) groups excluding carboxylic acids is 1. The lowest BCUT2D eigenvalue weighted by atomic mass is 10.2. The van der Waals surface area contributed by atoms with E-state index in [1.807, 2.05) is 20.8 Å². The number of sulfonamides is 1. The number of aryl methyl sites for hydroxylation is 4. The molecule has 1 amide bonds. The van der Waals surface area contributed by atoms with E-state index >= 15 is 0 Å². The molecule has 1 fully saturated rings. The van der Waals surface area contributed by atoms with Crippen LogP contribution in [0.5, 0.6) is 0 Å². The largest absolute Gasteiger partial charge is 0.340 e. The minimum absolute atomic E-state index is 0.0707. The molecule has 170 valence electrons. The van der Waals surface area contributed by atoms with Crippen LogP contribution in [0.1, 0.15) is 28.2 Å². The van der Waals surface area contributed by atoms with E-state index in [1.54, 1.807) is 29.2 Å². The Hall–Kier alpha value is -2.56. The first kappa shape index (κ1) is 22.6. The zero-order valence-corrected chi connectivity index (χ0v) is 20.0. The quantitative estimate of drug-likeness (QED) is 0.612. The Morgan fingerprint density at radius 3 is 2.41 bits per heavy atom. The van der Waals surface area contributed by atoms with Crippen molar-refractivity contribution in [2.24, 2.45) is 0 Å². The molecule has 0 bridgehead atoms. The molecule has 1 saturated heterocycles. The highest BCUT2D eigenvalue weighted by molar-refractivity contribution is 7.89. The van der Waals surface area contributed by atoms with Crippen molar-refractivity contribution in [3.8, 4) is 0 Å². The van der Waals surface area contributed by atoms with E-state index in [0.29, 0.717) is 35.6 Å². The third-order valence-electron chi connectivity index (χ3n) is 5.91. The average molecular weight is 475 g/mol. The Bertz CT molecular complexity index is 1320. The van der Waals surface area contributed by atoms with Gasteiger partial charge in [-0.1, -0.05) is 17.7 Å². The minimum Gasteiger partial charge on any atom is -0.340 e. The summed E-state index contributed by atoms with van der Waals surface area (Å²) in [5, 5.41) is 0.619. The van der Waals surface area contributed by atoms with E-state index in [-0.39, 0.29) is 35.9 Å². The van der Waals surface area contributed by atoms with Crippen molar-refractivity contribution in [1.29, 1.82) is 0 Å². The van der Waals surface area contributed by atoms with E-state index in [0.717, 1.165) is 16.0 Å². The van der Waals surface area contributed by atoms with E-state index < -0.39 is 10.0 Å². The lowest BCUT2D eigenvalue weighted by Gasteiger charge is -2.34. The topological polar surface area (TPSA) is 103 Å². The van der Waals surface area contributed by atoms with Crippen LogP contribution in [-0.4, -0.2) is 59.7 Å². The van der Waals surface area contributed by atoms with E-state index in [4.69, 9.17) is 0 Å². The smallest absolute Gasteiger partial charge is 0.259 e. The molecule has 1 aliphatic rings.